The normalized spacial score (nSPS) is 19.8. The van der Waals surface area contributed by atoms with E-state index < -0.39 is 0 Å². The Balaban J connectivity index is 2.09. The van der Waals surface area contributed by atoms with Crippen molar-refractivity contribution in [2.45, 2.75) is 24.9 Å². The number of likely N-dealkylation sites (N-methyl/N-ethyl adjacent to an activating group) is 1. The third-order valence-corrected chi connectivity index (χ3v) is 4.08. The predicted molar refractivity (Wildman–Crippen MR) is 69.8 cm³/mol. The average molecular weight is 303 g/mol. The summed E-state index contributed by atoms with van der Waals surface area (Å²) < 4.78 is 11.9. The Hall–Kier alpha value is -0.360. The minimum Gasteiger partial charge on any atom is -0.466 e. The second kappa shape index (κ2) is 6.00. The van der Waals surface area contributed by atoms with Crippen LogP contribution < -0.4 is 5.73 Å². The predicted octanol–water partition coefficient (Wildman–Crippen LogP) is 2.15. The smallest absolute Gasteiger partial charge is 0.136 e. The van der Waals surface area contributed by atoms with Crippen LogP contribution in [-0.4, -0.2) is 37.7 Å². The van der Waals surface area contributed by atoms with Crippen LogP contribution in [0.25, 0.3) is 0 Å². The van der Waals surface area contributed by atoms with Gasteiger partial charge >= 0.3 is 0 Å². The lowest BCUT2D eigenvalue weighted by Gasteiger charge is -2.35. The number of rotatable bonds is 4. The van der Waals surface area contributed by atoms with E-state index in [-0.39, 0.29) is 6.04 Å². The lowest BCUT2D eigenvalue weighted by atomic mass is 10.0. The van der Waals surface area contributed by atoms with Gasteiger partial charge in [0.05, 0.1) is 16.8 Å². The minimum absolute atomic E-state index is 0.127. The average Bonchev–Trinajstić information content (AvgIpc) is 2.78. The van der Waals surface area contributed by atoms with Crippen LogP contribution in [-0.2, 0) is 4.74 Å². The van der Waals surface area contributed by atoms with Crippen molar-refractivity contribution in [3.63, 3.8) is 0 Å². The molecule has 1 unspecified atom stereocenters. The zero-order valence-corrected chi connectivity index (χ0v) is 11.6. The fraction of sp³-hybridized carbons (Fsp3) is 0.667. The number of nitrogens with zero attached hydrogens (tertiary/aromatic N) is 1. The Kier molecular flexibility index (Phi) is 4.62. The van der Waals surface area contributed by atoms with Crippen LogP contribution >= 0.6 is 15.9 Å². The van der Waals surface area contributed by atoms with Gasteiger partial charge in [-0.3, -0.25) is 4.90 Å². The molecular formula is C12H19BrN2O2. The van der Waals surface area contributed by atoms with Crippen molar-refractivity contribution >= 4 is 15.9 Å². The molecule has 5 heteroatoms. The molecule has 1 fully saturated rings. The molecule has 96 valence electrons. The SMILES string of the molecule is CN(C1CCOCC1)C(CN)c1occc1Br. The van der Waals surface area contributed by atoms with E-state index in [0.29, 0.717) is 12.6 Å². The van der Waals surface area contributed by atoms with Gasteiger partial charge in [-0.25, -0.2) is 0 Å². The molecular weight excluding hydrogens is 284 g/mol. The van der Waals surface area contributed by atoms with Crippen molar-refractivity contribution in [2.75, 3.05) is 26.8 Å². The third kappa shape index (κ3) is 2.91. The molecule has 0 bridgehead atoms. The van der Waals surface area contributed by atoms with Crippen LogP contribution in [0, 0.1) is 0 Å². The van der Waals surface area contributed by atoms with E-state index >= 15 is 0 Å². The fourth-order valence-corrected chi connectivity index (χ4v) is 2.81. The van der Waals surface area contributed by atoms with Gasteiger partial charge in [0.2, 0.25) is 0 Å². The summed E-state index contributed by atoms with van der Waals surface area (Å²) in [5.74, 6) is 0.918. The summed E-state index contributed by atoms with van der Waals surface area (Å²) in [5, 5.41) is 0. The summed E-state index contributed by atoms with van der Waals surface area (Å²) in [6.45, 7) is 2.23. The fourth-order valence-electron chi connectivity index (χ4n) is 2.35. The van der Waals surface area contributed by atoms with Gasteiger partial charge in [-0.05, 0) is 41.9 Å². The highest BCUT2D eigenvalue weighted by molar-refractivity contribution is 9.10. The first-order valence-electron chi connectivity index (χ1n) is 5.96. The van der Waals surface area contributed by atoms with Gasteiger partial charge in [0.1, 0.15) is 5.76 Å². The number of halogens is 1. The van der Waals surface area contributed by atoms with E-state index in [4.69, 9.17) is 14.9 Å². The highest BCUT2D eigenvalue weighted by Crippen LogP contribution is 2.30. The van der Waals surface area contributed by atoms with E-state index in [0.717, 1.165) is 36.3 Å². The number of furan rings is 1. The van der Waals surface area contributed by atoms with Crippen LogP contribution in [0.5, 0.6) is 0 Å². The van der Waals surface area contributed by atoms with Crippen molar-refractivity contribution in [1.29, 1.82) is 0 Å². The summed E-state index contributed by atoms with van der Waals surface area (Å²) in [5.41, 5.74) is 5.89. The lowest BCUT2D eigenvalue weighted by Crippen LogP contribution is -2.41. The van der Waals surface area contributed by atoms with Crippen LogP contribution in [0.2, 0.25) is 0 Å². The van der Waals surface area contributed by atoms with Gasteiger partial charge in [-0.15, -0.1) is 0 Å². The van der Waals surface area contributed by atoms with Gasteiger partial charge in [0, 0.05) is 25.8 Å². The van der Waals surface area contributed by atoms with Gasteiger partial charge in [0.15, 0.2) is 0 Å². The van der Waals surface area contributed by atoms with E-state index in [1.54, 1.807) is 6.26 Å². The Morgan fingerprint density at radius 1 is 1.53 bits per heavy atom. The van der Waals surface area contributed by atoms with E-state index in [1.165, 1.54) is 0 Å². The topological polar surface area (TPSA) is 51.6 Å². The second-order valence-electron chi connectivity index (χ2n) is 4.39. The molecule has 0 amide bonds. The lowest BCUT2D eigenvalue weighted by molar-refractivity contribution is 0.0259. The maximum atomic E-state index is 5.89. The van der Waals surface area contributed by atoms with Crippen LogP contribution in [0.4, 0.5) is 0 Å². The second-order valence-corrected chi connectivity index (χ2v) is 5.25. The zero-order valence-electron chi connectivity index (χ0n) is 10.1. The summed E-state index contributed by atoms with van der Waals surface area (Å²) in [4.78, 5) is 2.31. The summed E-state index contributed by atoms with van der Waals surface area (Å²) in [6.07, 6.45) is 3.82. The van der Waals surface area contributed by atoms with Gasteiger partial charge < -0.3 is 14.9 Å². The van der Waals surface area contributed by atoms with Crippen LogP contribution in [0.15, 0.2) is 21.2 Å². The summed E-state index contributed by atoms with van der Waals surface area (Å²) >= 11 is 3.50. The molecule has 2 N–H and O–H groups in total. The number of nitrogens with two attached hydrogens (primary N) is 1. The molecule has 0 aromatic carbocycles. The Morgan fingerprint density at radius 3 is 2.76 bits per heavy atom. The molecule has 1 saturated heterocycles. The highest BCUT2D eigenvalue weighted by Gasteiger charge is 2.28. The molecule has 1 aliphatic heterocycles. The largest absolute Gasteiger partial charge is 0.466 e. The molecule has 2 heterocycles. The third-order valence-electron chi connectivity index (χ3n) is 3.43. The molecule has 1 atom stereocenters. The molecule has 2 rings (SSSR count). The Morgan fingerprint density at radius 2 is 2.24 bits per heavy atom. The molecule has 1 aromatic heterocycles. The van der Waals surface area contributed by atoms with Crippen molar-refractivity contribution in [1.82, 2.24) is 4.90 Å². The molecule has 0 spiro atoms. The van der Waals surface area contributed by atoms with Gasteiger partial charge in [0.25, 0.3) is 0 Å². The molecule has 0 saturated carbocycles. The maximum absolute atomic E-state index is 5.89. The van der Waals surface area contributed by atoms with E-state index in [9.17, 15) is 0 Å². The maximum Gasteiger partial charge on any atom is 0.136 e. The van der Waals surface area contributed by atoms with Crippen molar-refractivity contribution < 1.29 is 9.15 Å². The molecule has 0 radical (unpaired) electrons. The van der Waals surface area contributed by atoms with E-state index in [1.807, 2.05) is 6.07 Å². The highest BCUT2D eigenvalue weighted by atomic mass is 79.9. The first kappa shape index (κ1) is 13.1. The number of ether oxygens (including phenoxy) is 1. The van der Waals surface area contributed by atoms with Crippen molar-refractivity contribution in [2.24, 2.45) is 5.73 Å². The molecule has 0 aliphatic carbocycles. The molecule has 17 heavy (non-hydrogen) atoms. The van der Waals surface area contributed by atoms with E-state index in [2.05, 4.69) is 27.9 Å². The van der Waals surface area contributed by atoms with Crippen molar-refractivity contribution in [3.8, 4) is 0 Å². The molecule has 1 aliphatic rings. The summed E-state index contributed by atoms with van der Waals surface area (Å²) in [7, 11) is 2.11. The van der Waals surface area contributed by atoms with Crippen molar-refractivity contribution in [3.05, 3.63) is 22.6 Å². The van der Waals surface area contributed by atoms with Crippen LogP contribution in [0.3, 0.4) is 0 Å². The first-order chi connectivity index (χ1) is 8.24. The standard InChI is InChI=1S/C12H19BrN2O2/c1-15(9-2-5-16-6-3-9)11(8-14)12-10(13)4-7-17-12/h4,7,9,11H,2-3,5-6,8,14H2,1H3. The first-order valence-corrected chi connectivity index (χ1v) is 6.76. The summed E-state index contributed by atoms with van der Waals surface area (Å²) in [6, 6.07) is 2.56. The van der Waals surface area contributed by atoms with Gasteiger partial charge in [-0.2, -0.15) is 0 Å². The van der Waals surface area contributed by atoms with Crippen LogP contribution in [0.1, 0.15) is 24.6 Å². The molecule has 1 aromatic rings. The monoisotopic (exact) mass is 302 g/mol. The Labute approximate surface area is 110 Å². The molecule has 4 nitrogen and oxygen atoms in total. The Bertz CT molecular complexity index is 350. The van der Waals surface area contributed by atoms with Gasteiger partial charge in [-0.1, -0.05) is 0 Å². The quantitative estimate of drug-likeness (QED) is 0.926. The minimum atomic E-state index is 0.127. The number of hydrogen-bond acceptors (Lipinski definition) is 4. The number of hydrogen-bond donors (Lipinski definition) is 1. The zero-order chi connectivity index (χ0) is 12.3.